The van der Waals surface area contributed by atoms with E-state index in [4.69, 9.17) is 9.15 Å². The minimum atomic E-state index is -0.553. The lowest BCUT2D eigenvalue weighted by atomic mass is 10.0. The fraction of sp³-hybridized carbons (Fsp3) is 0.227. The van der Waals surface area contributed by atoms with Gasteiger partial charge in [0.05, 0.1) is 31.8 Å². The molecule has 0 bridgehead atoms. The molecule has 1 aromatic heterocycles. The average molecular weight is 395 g/mol. The van der Waals surface area contributed by atoms with Crippen molar-refractivity contribution in [3.63, 3.8) is 0 Å². The number of amides is 1. The minimum absolute atomic E-state index is 0.131. The molecular weight excluding hydrogens is 374 g/mol. The monoisotopic (exact) mass is 395 g/mol. The van der Waals surface area contributed by atoms with Gasteiger partial charge in [-0.25, -0.2) is 9.59 Å². The highest BCUT2D eigenvalue weighted by atomic mass is 16.5. The maximum atomic E-state index is 12.5. The summed E-state index contributed by atoms with van der Waals surface area (Å²) in [6.07, 6.45) is -0.131. The van der Waals surface area contributed by atoms with Gasteiger partial charge in [-0.05, 0) is 55.8 Å². The Morgan fingerprint density at radius 2 is 1.69 bits per heavy atom. The number of hydrogen-bond acceptors (Lipinski definition) is 6. The van der Waals surface area contributed by atoms with Crippen molar-refractivity contribution in [3.8, 4) is 5.75 Å². The summed E-state index contributed by atoms with van der Waals surface area (Å²) in [6.45, 7) is 3.60. The molecule has 0 fully saturated rings. The number of carbonyl (C=O) groups excluding carboxylic acids is 2. The molecule has 1 N–H and O–H groups in total. The Labute approximate surface area is 167 Å². The molecule has 3 rings (SSSR count). The summed E-state index contributed by atoms with van der Waals surface area (Å²) in [5.41, 5.74) is 2.50. The Balaban J connectivity index is 1.85. The van der Waals surface area contributed by atoms with E-state index in [1.807, 2.05) is 13.0 Å². The molecule has 7 heteroatoms. The molecular formula is C22H21NO6. The first-order chi connectivity index (χ1) is 13.8. The van der Waals surface area contributed by atoms with Crippen LogP contribution in [0.2, 0.25) is 0 Å². The SMILES string of the molecule is COC(=O)c1ccc(NC(=O)Cc2c(C)c3ccc(OC)c(C)c3oc2=O)cc1. The molecule has 0 atom stereocenters. The number of hydrogen-bond donors (Lipinski definition) is 1. The Bertz CT molecular complexity index is 1140. The normalized spacial score (nSPS) is 10.6. The highest BCUT2D eigenvalue weighted by Crippen LogP contribution is 2.29. The molecule has 29 heavy (non-hydrogen) atoms. The maximum absolute atomic E-state index is 12.5. The number of ether oxygens (including phenoxy) is 2. The molecule has 1 heterocycles. The van der Waals surface area contributed by atoms with Crippen molar-refractivity contribution < 1.29 is 23.5 Å². The largest absolute Gasteiger partial charge is 0.496 e. The Morgan fingerprint density at radius 1 is 1.00 bits per heavy atom. The highest BCUT2D eigenvalue weighted by Gasteiger charge is 2.17. The number of benzene rings is 2. The van der Waals surface area contributed by atoms with Crippen LogP contribution in [0, 0.1) is 13.8 Å². The molecule has 1 amide bonds. The molecule has 7 nitrogen and oxygen atoms in total. The van der Waals surface area contributed by atoms with Crippen LogP contribution >= 0.6 is 0 Å². The number of esters is 1. The first kappa shape index (κ1) is 20.1. The lowest BCUT2D eigenvalue weighted by molar-refractivity contribution is -0.115. The van der Waals surface area contributed by atoms with Crippen LogP contribution < -0.4 is 15.7 Å². The van der Waals surface area contributed by atoms with Gasteiger partial charge < -0.3 is 19.2 Å². The molecule has 0 unspecified atom stereocenters. The lowest BCUT2D eigenvalue weighted by Gasteiger charge is -2.12. The third-order valence-corrected chi connectivity index (χ3v) is 4.80. The van der Waals surface area contributed by atoms with E-state index in [1.165, 1.54) is 7.11 Å². The molecule has 0 saturated carbocycles. The van der Waals surface area contributed by atoms with Gasteiger partial charge in [-0.15, -0.1) is 0 Å². The van der Waals surface area contributed by atoms with E-state index in [-0.39, 0.29) is 12.3 Å². The molecule has 0 spiro atoms. The molecule has 0 aliphatic carbocycles. The second kappa shape index (κ2) is 8.18. The highest BCUT2D eigenvalue weighted by molar-refractivity contribution is 5.95. The fourth-order valence-electron chi connectivity index (χ4n) is 3.17. The van der Waals surface area contributed by atoms with E-state index in [2.05, 4.69) is 10.1 Å². The zero-order valence-electron chi connectivity index (χ0n) is 16.6. The topological polar surface area (TPSA) is 94.8 Å². The lowest BCUT2D eigenvalue weighted by Crippen LogP contribution is -2.20. The van der Waals surface area contributed by atoms with Crippen molar-refractivity contribution in [2.75, 3.05) is 19.5 Å². The van der Waals surface area contributed by atoms with Gasteiger partial charge in [0, 0.05) is 16.6 Å². The van der Waals surface area contributed by atoms with Crippen LogP contribution in [0.15, 0.2) is 45.6 Å². The number of fused-ring (bicyclic) bond motifs is 1. The van der Waals surface area contributed by atoms with Gasteiger partial charge in [0.25, 0.3) is 0 Å². The van der Waals surface area contributed by atoms with Crippen molar-refractivity contribution >= 4 is 28.5 Å². The molecule has 150 valence electrons. The Morgan fingerprint density at radius 3 is 2.31 bits per heavy atom. The maximum Gasteiger partial charge on any atom is 0.340 e. The van der Waals surface area contributed by atoms with E-state index in [1.54, 1.807) is 44.4 Å². The standard InChI is InChI=1S/C22H21NO6/c1-12-16-9-10-18(27-3)13(2)20(16)29-22(26)17(12)11-19(24)23-15-7-5-14(6-8-15)21(25)28-4/h5-10H,11H2,1-4H3,(H,23,24). The second-order valence-corrected chi connectivity index (χ2v) is 6.56. The zero-order valence-corrected chi connectivity index (χ0v) is 16.6. The zero-order chi connectivity index (χ0) is 21.1. The summed E-state index contributed by atoms with van der Waals surface area (Å²) in [5.74, 6) is -0.198. The first-order valence-electron chi connectivity index (χ1n) is 8.93. The van der Waals surface area contributed by atoms with Gasteiger partial charge in [0.15, 0.2) is 0 Å². The predicted octanol–water partition coefficient (Wildman–Crippen LogP) is 3.39. The summed E-state index contributed by atoms with van der Waals surface area (Å²) in [5, 5.41) is 3.47. The molecule has 0 aliphatic rings. The van der Waals surface area contributed by atoms with Crippen molar-refractivity contribution in [2.45, 2.75) is 20.3 Å². The molecule has 0 saturated heterocycles. The summed E-state index contributed by atoms with van der Waals surface area (Å²) >= 11 is 0. The van der Waals surface area contributed by atoms with Crippen LogP contribution in [0.5, 0.6) is 5.75 Å². The van der Waals surface area contributed by atoms with Crippen LogP contribution in [0.3, 0.4) is 0 Å². The first-order valence-corrected chi connectivity index (χ1v) is 8.93. The van der Waals surface area contributed by atoms with Gasteiger partial charge in [-0.2, -0.15) is 0 Å². The third-order valence-electron chi connectivity index (χ3n) is 4.80. The summed E-state index contributed by atoms with van der Waals surface area (Å²) in [6, 6.07) is 9.90. The van der Waals surface area contributed by atoms with Gasteiger partial charge in [0.2, 0.25) is 5.91 Å². The number of carbonyl (C=O) groups is 2. The number of rotatable bonds is 5. The molecule has 3 aromatic rings. The number of anilines is 1. The van der Waals surface area contributed by atoms with Crippen LogP contribution in [0.1, 0.15) is 27.0 Å². The third kappa shape index (κ3) is 3.99. The van der Waals surface area contributed by atoms with Crippen LogP contribution in [0.25, 0.3) is 11.0 Å². The Hall–Kier alpha value is -3.61. The van der Waals surface area contributed by atoms with Gasteiger partial charge in [-0.1, -0.05) is 0 Å². The van der Waals surface area contributed by atoms with Crippen molar-refractivity contribution in [3.05, 3.63) is 69.1 Å². The van der Waals surface area contributed by atoms with Crippen molar-refractivity contribution in [2.24, 2.45) is 0 Å². The average Bonchev–Trinajstić information content (AvgIpc) is 2.72. The summed E-state index contributed by atoms with van der Waals surface area (Å²) in [7, 11) is 2.85. The molecule has 0 aliphatic heterocycles. The quantitative estimate of drug-likeness (QED) is 0.526. The Kier molecular flexibility index (Phi) is 5.68. The van der Waals surface area contributed by atoms with E-state index in [9.17, 15) is 14.4 Å². The number of aryl methyl sites for hydroxylation is 2. The van der Waals surface area contributed by atoms with E-state index >= 15 is 0 Å². The fourth-order valence-corrected chi connectivity index (χ4v) is 3.17. The van der Waals surface area contributed by atoms with Crippen molar-refractivity contribution in [1.82, 2.24) is 0 Å². The van der Waals surface area contributed by atoms with Crippen LogP contribution in [-0.2, 0) is 16.0 Å². The summed E-state index contributed by atoms with van der Waals surface area (Å²) < 4.78 is 15.4. The predicted molar refractivity (Wildman–Crippen MR) is 109 cm³/mol. The van der Waals surface area contributed by atoms with E-state index in [0.29, 0.717) is 33.7 Å². The number of methoxy groups -OCH3 is 2. The van der Waals surface area contributed by atoms with Gasteiger partial charge in [-0.3, -0.25) is 4.79 Å². The van der Waals surface area contributed by atoms with Crippen LogP contribution in [0.4, 0.5) is 5.69 Å². The van der Waals surface area contributed by atoms with E-state index < -0.39 is 11.6 Å². The molecule has 2 aromatic carbocycles. The number of nitrogens with one attached hydrogen (secondary N) is 1. The van der Waals surface area contributed by atoms with Crippen molar-refractivity contribution in [1.29, 1.82) is 0 Å². The summed E-state index contributed by atoms with van der Waals surface area (Å²) in [4.78, 5) is 36.4. The van der Waals surface area contributed by atoms with Gasteiger partial charge in [0.1, 0.15) is 11.3 Å². The van der Waals surface area contributed by atoms with Crippen LogP contribution in [-0.4, -0.2) is 26.1 Å². The van der Waals surface area contributed by atoms with E-state index in [0.717, 1.165) is 10.9 Å². The van der Waals surface area contributed by atoms with Gasteiger partial charge >= 0.3 is 11.6 Å². The smallest absolute Gasteiger partial charge is 0.340 e. The second-order valence-electron chi connectivity index (χ2n) is 6.56. The minimum Gasteiger partial charge on any atom is -0.496 e. The molecule has 0 radical (unpaired) electrons.